The molecule has 0 unspecified atom stereocenters. The minimum Gasteiger partial charge on any atom is -0.369 e. The molecule has 0 bridgehead atoms. The highest BCUT2D eigenvalue weighted by Gasteiger charge is 2.13. The largest absolute Gasteiger partial charge is 0.369 e. The van der Waals surface area contributed by atoms with E-state index in [1.807, 2.05) is 12.1 Å². The van der Waals surface area contributed by atoms with Gasteiger partial charge in [0, 0.05) is 38.4 Å². The molecule has 1 aromatic rings. The first-order chi connectivity index (χ1) is 7.79. The molecule has 1 saturated heterocycles. The van der Waals surface area contributed by atoms with Gasteiger partial charge in [-0.15, -0.1) is 0 Å². The van der Waals surface area contributed by atoms with Crippen LogP contribution in [-0.2, 0) is 6.54 Å². The van der Waals surface area contributed by atoms with Gasteiger partial charge in [0.25, 0.3) is 0 Å². The van der Waals surface area contributed by atoms with Crippen molar-refractivity contribution in [3.63, 3.8) is 0 Å². The lowest BCUT2D eigenvalue weighted by Crippen LogP contribution is -2.44. The average molecular weight is 221 g/mol. The molecule has 0 radical (unpaired) electrons. The third-order valence-electron chi connectivity index (χ3n) is 3.06. The van der Waals surface area contributed by atoms with Gasteiger partial charge < -0.3 is 15.0 Å². The van der Waals surface area contributed by atoms with E-state index in [0.29, 0.717) is 6.54 Å². The van der Waals surface area contributed by atoms with Gasteiger partial charge in [-0.1, -0.05) is 12.1 Å². The molecule has 88 valence electrons. The molecule has 4 heteroatoms. The Labute approximate surface area is 96.4 Å². The second-order valence-corrected chi connectivity index (χ2v) is 4.30. The number of hydroxylamine groups is 1. The van der Waals surface area contributed by atoms with Crippen LogP contribution < -0.4 is 10.4 Å². The maximum atomic E-state index is 8.69. The molecule has 2 N–H and O–H groups in total. The van der Waals surface area contributed by atoms with Crippen molar-refractivity contribution in [2.45, 2.75) is 6.54 Å². The highest BCUT2D eigenvalue weighted by molar-refractivity contribution is 5.49. The van der Waals surface area contributed by atoms with Crippen molar-refractivity contribution >= 4 is 5.69 Å². The molecule has 0 aliphatic carbocycles. The molecule has 0 atom stereocenters. The van der Waals surface area contributed by atoms with Crippen molar-refractivity contribution in [3.8, 4) is 0 Å². The van der Waals surface area contributed by atoms with E-state index in [1.165, 1.54) is 5.69 Å². The van der Waals surface area contributed by atoms with Gasteiger partial charge in [0.15, 0.2) is 0 Å². The van der Waals surface area contributed by atoms with Crippen molar-refractivity contribution in [2.75, 3.05) is 38.1 Å². The fraction of sp³-hybridized carbons (Fsp3) is 0.500. The molecule has 2 rings (SSSR count). The van der Waals surface area contributed by atoms with Gasteiger partial charge in [0.2, 0.25) is 0 Å². The van der Waals surface area contributed by atoms with Crippen molar-refractivity contribution in [2.24, 2.45) is 0 Å². The van der Waals surface area contributed by atoms with Crippen LogP contribution in [0.1, 0.15) is 5.56 Å². The summed E-state index contributed by atoms with van der Waals surface area (Å²) in [6.07, 6.45) is 0. The number of hydrogen-bond donors (Lipinski definition) is 2. The molecular weight excluding hydrogens is 202 g/mol. The summed E-state index contributed by atoms with van der Waals surface area (Å²) in [6.45, 7) is 4.88. The highest BCUT2D eigenvalue weighted by atomic mass is 16.5. The van der Waals surface area contributed by atoms with E-state index in [2.05, 4.69) is 34.5 Å². The standard InChI is InChI=1S/C12H19N3O/c1-14-5-7-15(8-6-14)12-4-2-3-11(9-12)10-13-16/h2-4,9,13,16H,5-8,10H2,1H3. The lowest BCUT2D eigenvalue weighted by molar-refractivity contribution is 0.161. The smallest absolute Gasteiger partial charge is 0.0458 e. The highest BCUT2D eigenvalue weighted by Crippen LogP contribution is 2.17. The Morgan fingerprint density at radius 2 is 2.00 bits per heavy atom. The Morgan fingerprint density at radius 3 is 2.69 bits per heavy atom. The zero-order chi connectivity index (χ0) is 11.4. The maximum absolute atomic E-state index is 8.69. The number of likely N-dealkylation sites (N-methyl/N-ethyl adjacent to an activating group) is 1. The van der Waals surface area contributed by atoms with Gasteiger partial charge >= 0.3 is 0 Å². The van der Waals surface area contributed by atoms with Gasteiger partial charge in [0.05, 0.1) is 0 Å². The molecule has 4 nitrogen and oxygen atoms in total. The Balaban J connectivity index is 2.05. The quantitative estimate of drug-likeness (QED) is 0.744. The van der Waals surface area contributed by atoms with E-state index >= 15 is 0 Å². The summed E-state index contributed by atoms with van der Waals surface area (Å²) in [5, 5.41) is 8.69. The molecule has 1 aromatic carbocycles. The van der Waals surface area contributed by atoms with E-state index in [4.69, 9.17) is 5.21 Å². The molecular formula is C12H19N3O. The normalized spacial score (nSPS) is 17.8. The average Bonchev–Trinajstić information content (AvgIpc) is 2.31. The number of nitrogens with one attached hydrogen (secondary N) is 1. The van der Waals surface area contributed by atoms with Crippen molar-refractivity contribution in [3.05, 3.63) is 29.8 Å². The van der Waals surface area contributed by atoms with E-state index < -0.39 is 0 Å². The van der Waals surface area contributed by atoms with Crippen LogP contribution in [0.15, 0.2) is 24.3 Å². The summed E-state index contributed by atoms with van der Waals surface area (Å²) < 4.78 is 0. The molecule has 1 aliphatic heterocycles. The summed E-state index contributed by atoms with van der Waals surface area (Å²) in [5.41, 5.74) is 4.56. The number of anilines is 1. The van der Waals surface area contributed by atoms with Crippen LogP contribution in [0.2, 0.25) is 0 Å². The maximum Gasteiger partial charge on any atom is 0.0458 e. The van der Waals surface area contributed by atoms with Crippen LogP contribution in [0.3, 0.4) is 0 Å². The van der Waals surface area contributed by atoms with Crippen molar-refractivity contribution in [1.29, 1.82) is 0 Å². The topological polar surface area (TPSA) is 38.7 Å². The van der Waals surface area contributed by atoms with E-state index in [0.717, 1.165) is 31.7 Å². The Morgan fingerprint density at radius 1 is 1.25 bits per heavy atom. The third kappa shape index (κ3) is 2.72. The monoisotopic (exact) mass is 221 g/mol. The van der Waals surface area contributed by atoms with Gasteiger partial charge in [-0.2, -0.15) is 0 Å². The van der Waals surface area contributed by atoms with Gasteiger partial charge in [-0.3, -0.25) is 0 Å². The molecule has 16 heavy (non-hydrogen) atoms. The predicted molar refractivity (Wildman–Crippen MR) is 64.8 cm³/mol. The van der Waals surface area contributed by atoms with Crippen molar-refractivity contribution < 1.29 is 5.21 Å². The molecule has 0 saturated carbocycles. The second-order valence-electron chi connectivity index (χ2n) is 4.30. The lowest BCUT2D eigenvalue weighted by Gasteiger charge is -2.34. The molecule has 0 amide bonds. The zero-order valence-electron chi connectivity index (χ0n) is 9.69. The first-order valence-corrected chi connectivity index (χ1v) is 5.69. The number of benzene rings is 1. The Hall–Kier alpha value is -1.10. The van der Waals surface area contributed by atoms with Crippen LogP contribution in [0.4, 0.5) is 5.69 Å². The number of piperazine rings is 1. The Bertz CT molecular complexity index is 335. The fourth-order valence-corrected chi connectivity index (χ4v) is 2.02. The minimum absolute atomic E-state index is 0.502. The molecule has 1 aliphatic rings. The summed E-state index contributed by atoms with van der Waals surface area (Å²) in [7, 11) is 2.16. The van der Waals surface area contributed by atoms with Crippen molar-refractivity contribution in [1.82, 2.24) is 10.4 Å². The predicted octanol–water partition coefficient (Wildman–Crippen LogP) is 0.917. The first-order valence-electron chi connectivity index (χ1n) is 5.69. The van der Waals surface area contributed by atoms with E-state index in [9.17, 15) is 0 Å². The molecule has 1 heterocycles. The summed E-state index contributed by atoms with van der Waals surface area (Å²) in [6, 6.07) is 8.32. The Kier molecular flexibility index (Phi) is 3.77. The minimum atomic E-state index is 0.502. The van der Waals surface area contributed by atoms with Gasteiger partial charge in [0.1, 0.15) is 0 Å². The summed E-state index contributed by atoms with van der Waals surface area (Å²) in [4.78, 5) is 4.73. The van der Waals surface area contributed by atoms with Crippen LogP contribution in [-0.4, -0.2) is 43.3 Å². The number of hydrogen-bond acceptors (Lipinski definition) is 4. The fourth-order valence-electron chi connectivity index (χ4n) is 2.02. The van der Waals surface area contributed by atoms with Gasteiger partial charge in [-0.25, -0.2) is 5.48 Å². The van der Waals surface area contributed by atoms with Crippen LogP contribution in [0.5, 0.6) is 0 Å². The number of nitrogens with zero attached hydrogens (tertiary/aromatic N) is 2. The summed E-state index contributed by atoms with van der Waals surface area (Å²) >= 11 is 0. The van der Waals surface area contributed by atoms with E-state index in [-0.39, 0.29) is 0 Å². The second kappa shape index (κ2) is 5.30. The van der Waals surface area contributed by atoms with Gasteiger partial charge in [-0.05, 0) is 24.7 Å². The molecule has 0 aromatic heterocycles. The van der Waals surface area contributed by atoms with E-state index in [1.54, 1.807) is 0 Å². The van der Waals surface area contributed by atoms with Crippen LogP contribution in [0.25, 0.3) is 0 Å². The van der Waals surface area contributed by atoms with Crippen LogP contribution in [0, 0.1) is 0 Å². The summed E-state index contributed by atoms with van der Waals surface area (Å²) in [5.74, 6) is 0. The molecule has 0 spiro atoms. The SMILES string of the molecule is CN1CCN(c2cccc(CNO)c2)CC1. The van der Waals surface area contributed by atoms with Crippen LogP contribution >= 0.6 is 0 Å². The zero-order valence-corrected chi connectivity index (χ0v) is 9.69. The number of rotatable bonds is 3. The third-order valence-corrected chi connectivity index (χ3v) is 3.06. The lowest BCUT2D eigenvalue weighted by atomic mass is 10.1. The molecule has 1 fully saturated rings. The first kappa shape index (κ1) is 11.4.